The van der Waals surface area contributed by atoms with E-state index >= 15 is 0 Å². The van der Waals surface area contributed by atoms with Crippen LogP contribution >= 0.6 is 0 Å². The van der Waals surface area contributed by atoms with Crippen molar-refractivity contribution in [1.29, 1.82) is 0 Å². The number of likely N-dealkylation sites (tertiary alicyclic amines) is 1. The Kier molecular flexibility index (Phi) is 7.92. The van der Waals surface area contributed by atoms with Gasteiger partial charge >= 0.3 is 0 Å². The quantitative estimate of drug-likeness (QED) is 0.547. The van der Waals surface area contributed by atoms with E-state index in [1.165, 1.54) is 24.0 Å². The molecule has 160 valence electrons. The Balaban J connectivity index is 1.55. The zero-order chi connectivity index (χ0) is 20.6. The van der Waals surface area contributed by atoms with E-state index in [0.717, 1.165) is 51.4 Å². The highest BCUT2D eigenvalue weighted by atomic mass is 16.2. The standard InChI is InChI=1S/C23H37N5O/c1-4-24-23(25-15-18-8-7-9-19(14-18)16-27(2)3)26-21-12-13-28(17-21)22(29)20-10-5-6-11-20/h7-9,14,20-21H,4-6,10-13,15-17H2,1-3H3,(H2,24,25,26). The first kappa shape index (κ1) is 21.6. The molecular formula is C23H37N5O. The molecule has 1 aliphatic carbocycles. The molecule has 1 heterocycles. The van der Waals surface area contributed by atoms with E-state index in [1.54, 1.807) is 0 Å². The smallest absolute Gasteiger partial charge is 0.225 e. The second-order valence-corrected chi connectivity index (χ2v) is 8.65. The van der Waals surface area contributed by atoms with Gasteiger partial charge in [-0.2, -0.15) is 0 Å². The fraction of sp³-hybridized carbons (Fsp3) is 0.652. The van der Waals surface area contributed by atoms with Gasteiger partial charge in [0, 0.05) is 38.1 Å². The summed E-state index contributed by atoms with van der Waals surface area (Å²) in [6.07, 6.45) is 5.55. The van der Waals surface area contributed by atoms with Gasteiger partial charge in [0.15, 0.2) is 5.96 Å². The fourth-order valence-electron chi connectivity index (χ4n) is 4.38. The summed E-state index contributed by atoms with van der Waals surface area (Å²) in [7, 11) is 4.17. The molecule has 1 saturated carbocycles. The number of benzene rings is 1. The van der Waals surface area contributed by atoms with E-state index in [1.807, 2.05) is 0 Å². The van der Waals surface area contributed by atoms with Crippen LogP contribution in [0.3, 0.4) is 0 Å². The maximum absolute atomic E-state index is 12.7. The van der Waals surface area contributed by atoms with Gasteiger partial charge in [0.2, 0.25) is 5.91 Å². The number of amides is 1. The van der Waals surface area contributed by atoms with E-state index in [-0.39, 0.29) is 12.0 Å². The van der Waals surface area contributed by atoms with Crippen molar-refractivity contribution >= 4 is 11.9 Å². The van der Waals surface area contributed by atoms with Crippen LogP contribution < -0.4 is 10.6 Å². The van der Waals surface area contributed by atoms with Gasteiger partial charge < -0.3 is 20.4 Å². The maximum Gasteiger partial charge on any atom is 0.225 e. The first-order valence-corrected chi connectivity index (χ1v) is 11.1. The molecule has 1 saturated heterocycles. The zero-order valence-corrected chi connectivity index (χ0v) is 18.3. The van der Waals surface area contributed by atoms with Gasteiger partial charge in [-0.1, -0.05) is 37.1 Å². The SMILES string of the molecule is CCNC(=NCc1cccc(CN(C)C)c1)NC1CCN(C(=O)C2CCCC2)C1. The summed E-state index contributed by atoms with van der Waals surface area (Å²) in [6, 6.07) is 8.89. The summed E-state index contributed by atoms with van der Waals surface area (Å²) in [5, 5.41) is 6.90. The van der Waals surface area contributed by atoms with Gasteiger partial charge in [0.1, 0.15) is 0 Å². The molecular weight excluding hydrogens is 362 g/mol. The number of guanidine groups is 1. The van der Waals surface area contributed by atoms with Crippen molar-refractivity contribution in [1.82, 2.24) is 20.4 Å². The number of carbonyl (C=O) groups excluding carboxylic acids is 1. The lowest BCUT2D eigenvalue weighted by atomic mass is 10.1. The molecule has 0 spiro atoms. The van der Waals surface area contributed by atoms with Crippen LogP contribution in [0.25, 0.3) is 0 Å². The lowest BCUT2D eigenvalue weighted by Gasteiger charge is -2.21. The van der Waals surface area contributed by atoms with Crippen molar-refractivity contribution < 1.29 is 4.79 Å². The van der Waals surface area contributed by atoms with Crippen molar-refractivity contribution in [3.8, 4) is 0 Å². The van der Waals surface area contributed by atoms with Crippen molar-refractivity contribution in [3.63, 3.8) is 0 Å². The summed E-state index contributed by atoms with van der Waals surface area (Å²) in [5.41, 5.74) is 2.52. The largest absolute Gasteiger partial charge is 0.357 e. The van der Waals surface area contributed by atoms with Crippen LogP contribution in [0.1, 0.15) is 50.2 Å². The Morgan fingerprint density at radius 2 is 1.97 bits per heavy atom. The number of nitrogens with zero attached hydrogens (tertiary/aromatic N) is 3. The molecule has 0 bridgehead atoms. The molecule has 1 atom stereocenters. The topological polar surface area (TPSA) is 60.0 Å². The number of hydrogen-bond acceptors (Lipinski definition) is 3. The fourth-order valence-corrected chi connectivity index (χ4v) is 4.38. The predicted molar refractivity (Wildman–Crippen MR) is 119 cm³/mol. The van der Waals surface area contributed by atoms with E-state index in [2.05, 4.69) is 65.7 Å². The molecule has 1 aromatic rings. The van der Waals surface area contributed by atoms with E-state index in [9.17, 15) is 4.79 Å². The lowest BCUT2D eigenvalue weighted by Crippen LogP contribution is -2.45. The third-order valence-electron chi connectivity index (χ3n) is 5.80. The minimum absolute atomic E-state index is 0.269. The van der Waals surface area contributed by atoms with Gasteiger partial charge in [0.25, 0.3) is 0 Å². The van der Waals surface area contributed by atoms with Crippen molar-refractivity contribution in [2.45, 2.75) is 58.2 Å². The molecule has 29 heavy (non-hydrogen) atoms. The van der Waals surface area contributed by atoms with Crippen LogP contribution in [0, 0.1) is 5.92 Å². The summed E-state index contributed by atoms with van der Waals surface area (Å²) in [5.74, 6) is 1.47. The van der Waals surface area contributed by atoms with Gasteiger partial charge in [-0.3, -0.25) is 4.79 Å². The Bertz CT molecular complexity index is 696. The highest BCUT2D eigenvalue weighted by Gasteiger charge is 2.32. The zero-order valence-electron chi connectivity index (χ0n) is 18.3. The van der Waals surface area contributed by atoms with E-state index in [0.29, 0.717) is 12.5 Å². The molecule has 1 amide bonds. The number of aliphatic imine (C=N–C) groups is 1. The van der Waals surface area contributed by atoms with Gasteiger partial charge in [-0.05, 0) is 51.4 Å². The molecule has 6 heteroatoms. The normalized spacial score (nSPS) is 20.5. The average molecular weight is 400 g/mol. The highest BCUT2D eigenvalue weighted by molar-refractivity contribution is 5.81. The molecule has 3 rings (SSSR count). The molecule has 1 aliphatic heterocycles. The van der Waals surface area contributed by atoms with Crippen LogP contribution in [-0.2, 0) is 17.9 Å². The molecule has 0 aromatic heterocycles. The van der Waals surface area contributed by atoms with E-state index in [4.69, 9.17) is 4.99 Å². The lowest BCUT2D eigenvalue weighted by molar-refractivity contribution is -0.134. The first-order valence-electron chi connectivity index (χ1n) is 11.1. The van der Waals surface area contributed by atoms with Crippen molar-refractivity contribution in [2.75, 3.05) is 33.7 Å². The Morgan fingerprint density at radius 3 is 2.69 bits per heavy atom. The summed E-state index contributed by atoms with van der Waals surface area (Å²) in [4.78, 5) is 21.7. The Hall–Kier alpha value is -2.08. The summed E-state index contributed by atoms with van der Waals surface area (Å²) in [6.45, 7) is 6.14. The molecule has 1 aromatic carbocycles. The highest BCUT2D eigenvalue weighted by Crippen LogP contribution is 2.27. The van der Waals surface area contributed by atoms with Crippen LogP contribution in [0.5, 0.6) is 0 Å². The van der Waals surface area contributed by atoms with Gasteiger partial charge in [-0.15, -0.1) is 0 Å². The summed E-state index contributed by atoms with van der Waals surface area (Å²) >= 11 is 0. The first-order chi connectivity index (χ1) is 14.0. The molecule has 1 unspecified atom stereocenters. The second-order valence-electron chi connectivity index (χ2n) is 8.65. The van der Waals surface area contributed by atoms with Gasteiger partial charge in [-0.25, -0.2) is 4.99 Å². The van der Waals surface area contributed by atoms with Crippen LogP contribution in [-0.4, -0.2) is 61.4 Å². The Morgan fingerprint density at radius 1 is 1.21 bits per heavy atom. The number of nitrogens with one attached hydrogen (secondary N) is 2. The minimum Gasteiger partial charge on any atom is -0.357 e. The minimum atomic E-state index is 0.269. The third kappa shape index (κ3) is 6.46. The maximum atomic E-state index is 12.7. The number of hydrogen-bond donors (Lipinski definition) is 2. The summed E-state index contributed by atoms with van der Waals surface area (Å²) < 4.78 is 0. The van der Waals surface area contributed by atoms with Crippen LogP contribution in [0.4, 0.5) is 0 Å². The molecule has 0 radical (unpaired) electrons. The molecule has 2 aliphatic rings. The number of rotatable bonds is 7. The average Bonchev–Trinajstić information content (AvgIpc) is 3.38. The molecule has 2 N–H and O–H groups in total. The second kappa shape index (κ2) is 10.6. The predicted octanol–water partition coefficient (Wildman–Crippen LogP) is 2.59. The third-order valence-corrected chi connectivity index (χ3v) is 5.80. The molecule has 6 nitrogen and oxygen atoms in total. The monoisotopic (exact) mass is 399 g/mol. The molecule has 2 fully saturated rings. The van der Waals surface area contributed by atoms with Crippen LogP contribution in [0.2, 0.25) is 0 Å². The van der Waals surface area contributed by atoms with Crippen molar-refractivity contribution in [2.24, 2.45) is 10.9 Å². The Labute approximate surface area is 175 Å². The van der Waals surface area contributed by atoms with E-state index < -0.39 is 0 Å². The van der Waals surface area contributed by atoms with Crippen LogP contribution in [0.15, 0.2) is 29.3 Å². The number of carbonyl (C=O) groups is 1. The van der Waals surface area contributed by atoms with Crippen molar-refractivity contribution in [3.05, 3.63) is 35.4 Å². The van der Waals surface area contributed by atoms with Gasteiger partial charge in [0.05, 0.1) is 6.54 Å².